The smallest absolute Gasteiger partial charge is 0.357 e. The minimum Gasteiger partial charge on any atom is -0.490 e. The molecule has 0 spiro atoms. The van der Waals surface area contributed by atoms with Crippen LogP contribution in [0.4, 0.5) is 0 Å². The molecular formula is C30H36N2O6SSi. The highest BCUT2D eigenvalue weighted by atomic mass is 32.1. The summed E-state index contributed by atoms with van der Waals surface area (Å²) in [6.07, 6.45) is 1.39. The van der Waals surface area contributed by atoms with Crippen molar-refractivity contribution >= 4 is 37.3 Å². The zero-order valence-electron chi connectivity index (χ0n) is 23.9. The van der Waals surface area contributed by atoms with Gasteiger partial charge in [-0.3, -0.25) is 4.79 Å². The van der Waals surface area contributed by atoms with Gasteiger partial charge in [-0.05, 0) is 60.7 Å². The van der Waals surface area contributed by atoms with Gasteiger partial charge in [0.05, 0.1) is 19.3 Å². The molecule has 0 unspecified atom stereocenters. The lowest BCUT2D eigenvalue weighted by Gasteiger charge is -2.19. The van der Waals surface area contributed by atoms with Gasteiger partial charge in [-0.15, -0.1) is 11.3 Å². The monoisotopic (exact) mass is 580 g/mol. The summed E-state index contributed by atoms with van der Waals surface area (Å²) in [4.78, 5) is 44.6. The molecule has 3 aromatic rings. The summed E-state index contributed by atoms with van der Waals surface area (Å²) in [5.74, 6) is -1.01. The number of methoxy groups -OCH3 is 1. The average Bonchev–Trinajstić information content (AvgIpc) is 3.32. The van der Waals surface area contributed by atoms with Gasteiger partial charge in [0.2, 0.25) is 0 Å². The Balaban J connectivity index is 1.88. The predicted octanol–water partition coefficient (Wildman–Crippen LogP) is 6.22. The number of rotatable bonds is 9. The highest BCUT2D eigenvalue weighted by molar-refractivity contribution is 7.13. The van der Waals surface area contributed by atoms with Gasteiger partial charge in [-0.25, -0.2) is 14.6 Å². The number of fused-ring (bicyclic) bond motifs is 3. The van der Waals surface area contributed by atoms with Gasteiger partial charge in [0.1, 0.15) is 17.5 Å². The second-order valence-corrected chi connectivity index (χ2v) is 17.6. The van der Waals surface area contributed by atoms with Gasteiger partial charge in [-0.1, -0.05) is 26.6 Å². The Kier molecular flexibility index (Phi) is 9.10. The molecule has 10 heteroatoms. The molecule has 1 atom stereocenters. The first kappa shape index (κ1) is 29.5. The molecule has 1 amide bonds. The van der Waals surface area contributed by atoms with E-state index in [1.165, 1.54) is 7.11 Å². The van der Waals surface area contributed by atoms with E-state index in [-0.39, 0.29) is 17.5 Å². The maximum absolute atomic E-state index is 13.6. The number of carbonyl (C=O) groups is 3. The third kappa shape index (κ3) is 6.61. The van der Waals surface area contributed by atoms with Crippen molar-refractivity contribution in [3.05, 3.63) is 58.2 Å². The van der Waals surface area contributed by atoms with E-state index in [4.69, 9.17) is 14.2 Å². The predicted molar refractivity (Wildman–Crippen MR) is 159 cm³/mol. The first-order chi connectivity index (χ1) is 19.0. The van der Waals surface area contributed by atoms with E-state index in [0.717, 1.165) is 34.9 Å². The number of esters is 2. The van der Waals surface area contributed by atoms with Crippen LogP contribution in [0, 0.1) is 0 Å². The molecule has 4 rings (SSSR count). The van der Waals surface area contributed by atoms with Gasteiger partial charge in [-0.2, -0.15) is 0 Å². The standard InChI is InChI=1S/C30H36N2O6SSi/c1-7-11-31-28(33)24-9-8-20(26(32-24)30(35)36-3)21-17-25-23(27-19(10-13-39-27)15-18(2)38-25)16-22(21)29(34)37-12-14-40(4,5)6/h8-10,13,16-18H,7,11-12,14-15H2,1-6H3,(H,31,33)/t18-/m1/s1. The normalized spacial score (nSPS) is 14.3. The van der Waals surface area contributed by atoms with E-state index in [9.17, 15) is 14.4 Å². The van der Waals surface area contributed by atoms with E-state index in [0.29, 0.717) is 35.6 Å². The number of amides is 1. The number of aromatic nitrogens is 1. The van der Waals surface area contributed by atoms with Crippen LogP contribution in [0.5, 0.6) is 5.75 Å². The Labute approximate surface area is 240 Å². The summed E-state index contributed by atoms with van der Waals surface area (Å²) in [6.45, 7) is 11.4. The van der Waals surface area contributed by atoms with Gasteiger partial charge >= 0.3 is 11.9 Å². The highest BCUT2D eigenvalue weighted by Gasteiger charge is 2.29. The van der Waals surface area contributed by atoms with Crippen LogP contribution in [-0.4, -0.2) is 57.3 Å². The number of ether oxygens (including phenoxy) is 3. The minimum atomic E-state index is -1.44. The lowest BCUT2D eigenvalue weighted by molar-refractivity contribution is 0.0524. The second-order valence-electron chi connectivity index (χ2n) is 11.1. The van der Waals surface area contributed by atoms with Crippen molar-refractivity contribution in [1.29, 1.82) is 0 Å². The number of nitrogens with zero attached hydrogens (tertiary/aromatic N) is 1. The van der Waals surface area contributed by atoms with Crippen LogP contribution in [0.3, 0.4) is 0 Å². The van der Waals surface area contributed by atoms with Crippen molar-refractivity contribution in [2.75, 3.05) is 20.3 Å². The number of hydrogen-bond donors (Lipinski definition) is 1. The summed E-state index contributed by atoms with van der Waals surface area (Å²) >= 11 is 1.59. The van der Waals surface area contributed by atoms with Crippen LogP contribution in [0.15, 0.2) is 35.7 Å². The molecule has 1 aliphatic heterocycles. The van der Waals surface area contributed by atoms with Crippen molar-refractivity contribution in [3.63, 3.8) is 0 Å². The third-order valence-electron chi connectivity index (χ3n) is 6.58. The van der Waals surface area contributed by atoms with Crippen LogP contribution in [0.2, 0.25) is 25.7 Å². The molecular weight excluding hydrogens is 544 g/mol. The van der Waals surface area contributed by atoms with Gasteiger partial charge in [0, 0.05) is 42.6 Å². The average molecular weight is 581 g/mol. The Hall–Kier alpha value is -3.50. The lowest BCUT2D eigenvalue weighted by Crippen LogP contribution is -2.26. The van der Waals surface area contributed by atoms with Crippen LogP contribution in [-0.2, 0) is 15.9 Å². The molecule has 0 fully saturated rings. The fourth-order valence-corrected chi connectivity index (χ4v) is 6.13. The minimum absolute atomic E-state index is 0.0683. The largest absolute Gasteiger partial charge is 0.490 e. The van der Waals surface area contributed by atoms with Crippen LogP contribution < -0.4 is 10.1 Å². The molecule has 3 heterocycles. The molecule has 0 saturated carbocycles. The number of carbonyl (C=O) groups excluding carboxylic acids is 3. The molecule has 1 N–H and O–H groups in total. The van der Waals surface area contributed by atoms with Crippen LogP contribution in [0.1, 0.15) is 57.2 Å². The van der Waals surface area contributed by atoms with E-state index in [1.807, 2.05) is 19.2 Å². The molecule has 0 saturated heterocycles. The Morgan fingerprint density at radius 3 is 2.58 bits per heavy atom. The van der Waals surface area contributed by atoms with Crippen molar-refractivity contribution in [3.8, 4) is 27.3 Å². The number of benzene rings is 1. The molecule has 1 aromatic carbocycles. The number of hydrogen-bond acceptors (Lipinski definition) is 8. The molecule has 1 aliphatic rings. The van der Waals surface area contributed by atoms with Gasteiger partial charge < -0.3 is 19.5 Å². The van der Waals surface area contributed by atoms with Crippen molar-refractivity contribution in [1.82, 2.24) is 10.3 Å². The summed E-state index contributed by atoms with van der Waals surface area (Å²) in [5.41, 5.74) is 3.05. The first-order valence-electron chi connectivity index (χ1n) is 13.5. The molecule has 2 aromatic heterocycles. The highest BCUT2D eigenvalue weighted by Crippen LogP contribution is 2.44. The third-order valence-corrected chi connectivity index (χ3v) is 9.28. The summed E-state index contributed by atoms with van der Waals surface area (Å²) in [6, 6.07) is 9.63. The van der Waals surface area contributed by atoms with Crippen molar-refractivity contribution in [2.45, 2.75) is 58.5 Å². The topological polar surface area (TPSA) is 104 Å². The van der Waals surface area contributed by atoms with E-state index < -0.39 is 25.9 Å². The van der Waals surface area contributed by atoms with Gasteiger partial charge in [0.25, 0.3) is 5.91 Å². The Bertz CT molecular complexity index is 1430. The van der Waals surface area contributed by atoms with Crippen LogP contribution >= 0.6 is 11.3 Å². The summed E-state index contributed by atoms with van der Waals surface area (Å²) < 4.78 is 17.1. The van der Waals surface area contributed by atoms with Crippen molar-refractivity contribution < 1.29 is 28.6 Å². The second kappa shape index (κ2) is 12.3. The van der Waals surface area contributed by atoms with Crippen LogP contribution in [0.25, 0.3) is 21.6 Å². The van der Waals surface area contributed by atoms with Gasteiger partial charge in [0.15, 0.2) is 5.69 Å². The fraction of sp³-hybridized carbons (Fsp3) is 0.400. The van der Waals surface area contributed by atoms with E-state index in [2.05, 4.69) is 36.0 Å². The number of nitrogens with one attached hydrogen (secondary N) is 1. The molecule has 0 aliphatic carbocycles. The zero-order valence-corrected chi connectivity index (χ0v) is 25.7. The Morgan fingerprint density at radius 1 is 1.10 bits per heavy atom. The van der Waals surface area contributed by atoms with E-state index in [1.54, 1.807) is 35.6 Å². The SMILES string of the molecule is CCCNC(=O)c1ccc(-c2cc3c(cc2C(=O)OCC[Si](C)(C)C)-c2sccc2C[C@@H](C)O3)c(C(=O)OC)n1. The van der Waals surface area contributed by atoms with E-state index >= 15 is 0 Å². The molecule has 0 bridgehead atoms. The molecule has 0 radical (unpaired) electrons. The maximum Gasteiger partial charge on any atom is 0.357 e. The molecule has 212 valence electrons. The maximum atomic E-state index is 13.6. The number of thiophene rings is 1. The first-order valence-corrected chi connectivity index (χ1v) is 18.1. The molecule has 8 nitrogen and oxygen atoms in total. The van der Waals surface area contributed by atoms with Crippen molar-refractivity contribution in [2.24, 2.45) is 0 Å². The molecule has 40 heavy (non-hydrogen) atoms. The lowest BCUT2D eigenvalue weighted by atomic mass is 9.94. The zero-order chi connectivity index (χ0) is 29.0. The fourth-order valence-electron chi connectivity index (χ4n) is 4.46. The number of pyridine rings is 1. The Morgan fingerprint density at radius 2 is 1.88 bits per heavy atom. The quantitative estimate of drug-likeness (QED) is 0.237. The summed E-state index contributed by atoms with van der Waals surface area (Å²) in [5, 5.41) is 4.81. The summed E-state index contributed by atoms with van der Waals surface area (Å²) in [7, 11) is -0.186.